The standard InChI is InChI=1S/C24H25F3N4O2/c1-16(32)29-22(13-17-15-28-21-8-3-2-7-20(17)21)23(33)31-11-9-30(10-12-31)19-6-4-5-18(14-19)24(25,26)27/h2-8,14-15,22,28H,9-13H2,1H3,(H,29,32)/t22-/m1/s1. The summed E-state index contributed by atoms with van der Waals surface area (Å²) in [5.74, 6) is -0.491. The molecular weight excluding hydrogens is 433 g/mol. The van der Waals surface area contributed by atoms with Crippen LogP contribution in [0.3, 0.4) is 0 Å². The van der Waals surface area contributed by atoms with Crippen LogP contribution in [0.4, 0.5) is 18.9 Å². The van der Waals surface area contributed by atoms with E-state index in [0.29, 0.717) is 38.3 Å². The molecule has 2 heterocycles. The molecule has 0 unspecified atom stereocenters. The maximum Gasteiger partial charge on any atom is 0.416 e. The molecule has 174 valence electrons. The fraction of sp³-hybridized carbons (Fsp3) is 0.333. The number of aromatic amines is 1. The molecule has 0 radical (unpaired) electrons. The Labute approximate surface area is 189 Å². The molecule has 6 nitrogen and oxygen atoms in total. The molecular formula is C24H25F3N4O2. The van der Waals surface area contributed by atoms with E-state index in [1.807, 2.05) is 35.4 Å². The number of piperazine rings is 1. The first-order chi connectivity index (χ1) is 15.7. The Kier molecular flexibility index (Phi) is 6.31. The molecule has 0 aliphatic carbocycles. The molecule has 1 fully saturated rings. The summed E-state index contributed by atoms with van der Waals surface area (Å²) in [5, 5.41) is 3.76. The number of halogens is 3. The summed E-state index contributed by atoms with van der Waals surface area (Å²) in [4.78, 5) is 31.7. The van der Waals surface area contributed by atoms with Crippen LogP contribution in [0.5, 0.6) is 0 Å². The molecule has 33 heavy (non-hydrogen) atoms. The van der Waals surface area contributed by atoms with E-state index in [1.54, 1.807) is 11.0 Å². The molecule has 4 rings (SSSR count). The van der Waals surface area contributed by atoms with Gasteiger partial charge in [0.05, 0.1) is 5.56 Å². The van der Waals surface area contributed by atoms with Gasteiger partial charge in [0, 0.05) is 62.3 Å². The van der Waals surface area contributed by atoms with E-state index in [1.165, 1.54) is 13.0 Å². The highest BCUT2D eigenvalue weighted by molar-refractivity contribution is 5.89. The molecule has 1 aliphatic rings. The third kappa shape index (κ3) is 5.13. The van der Waals surface area contributed by atoms with Gasteiger partial charge in [-0.15, -0.1) is 0 Å². The SMILES string of the molecule is CC(=O)N[C@H](Cc1c[nH]c2ccccc12)C(=O)N1CCN(c2cccc(C(F)(F)F)c2)CC1. The second-order valence-electron chi connectivity index (χ2n) is 8.18. The van der Waals surface area contributed by atoms with E-state index < -0.39 is 17.8 Å². The Bertz CT molecular complexity index is 1150. The van der Waals surface area contributed by atoms with Crippen molar-refractivity contribution in [2.75, 3.05) is 31.1 Å². The number of benzene rings is 2. The van der Waals surface area contributed by atoms with Crippen molar-refractivity contribution in [2.45, 2.75) is 25.6 Å². The van der Waals surface area contributed by atoms with Crippen molar-refractivity contribution in [2.24, 2.45) is 0 Å². The third-order valence-corrected chi connectivity index (χ3v) is 5.90. The van der Waals surface area contributed by atoms with Crippen molar-refractivity contribution in [3.05, 3.63) is 65.9 Å². The Hall–Kier alpha value is -3.49. The summed E-state index contributed by atoms with van der Waals surface area (Å²) < 4.78 is 39.1. The van der Waals surface area contributed by atoms with E-state index in [0.717, 1.165) is 28.6 Å². The lowest BCUT2D eigenvalue weighted by molar-refractivity contribution is -0.137. The topological polar surface area (TPSA) is 68.4 Å². The van der Waals surface area contributed by atoms with Crippen LogP contribution in [0.25, 0.3) is 10.9 Å². The Morgan fingerprint density at radius 2 is 1.79 bits per heavy atom. The first-order valence-corrected chi connectivity index (χ1v) is 10.8. The van der Waals surface area contributed by atoms with Crippen molar-refractivity contribution >= 4 is 28.4 Å². The van der Waals surface area contributed by atoms with E-state index in [9.17, 15) is 22.8 Å². The van der Waals surface area contributed by atoms with Crippen LogP contribution in [0, 0.1) is 0 Å². The zero-order chi connectivity index (χ0) is 23.6. The smallest absolute Gasteiger partial charge is 0.368 e. The first kappa shape index (κ1) is 22.7. The van der Waals surface area contributed by atoms with Crippen LogP contribution in [-0.4, -0.2) is 53.9 Å². The molecule has 3 aromatic rings. The fourth-order valence-electron chi connectivity index (χ4n) is 4.25. The molecule has 1 atom stereocenters. The summed E-state index contributed by atoms with van der Waals surface area (Å²) in [6.07, 6.45) is -2.21. The fourth-order valence-corrected chi connectivity index (χ4v) is 4.25. The van der Waals surface area contributed by atoms with Gasteiger partial charge < -0.3 is 20.1 Å². The highest BCUT2D eigenvalue weighted by Gasteiger charge is 2.32. The number of amides is 2. The maximum absolute atomic E-state index is 13.3. The van der Waals surface area contributed by atoms with Crippen LogP contribution in [-0.2, 0) is 22.2 Å². The highest BCUT2D eigenvalue weighted by atomic mass is 19.4. The molecule has 0 spiro atoms. The summed E-state index contributed by atoms with van der Waals surface area (Å²) in [6.45, 7) is 2.92. The molecule has 0 bridgehead atoms. The quantitative estimate of drug-likeness (QED) is 0.614. The first-order valence-electron chi connectivity index (χ1n) is 10.8. The summed E-state index contributed by atoms with van der Waals surface area (Å²) in [6, 6.07) is 12.2. The van der Waals surface area contributed by atoms with E-state index in [-0.39, 0.29) is 11.8 Å². The van der Waals surface area contributed by atoms with Gasteiger partial charge in [0.2, 0.25) is 11.8 Å². The van der Waals surface area contributed by atoms with Gasteiger partial charge >= 0.3 is 6.18 Å². The highest BCUT2D eigenvalue weighted by Crippen LogP contribution is 2.32. The predicted octanol–water partition coefficient (Wildman–Crippen LogP) is 3.58. The number of hydrogen-bond donors (Lipinski definition) is 2. The number of H-pyrrole nitrogens is 1. The number of nitrogens with one attached hydrogen (secondary N) is 2. The second kappa shape index (κ2) is 9.17. The minimum absolute atomic E-state index is 0.195. The maximum atomic E-state index is 13.3. The minimum atomic E-state index is -4.40. The van der Waals surface area contributed by atoms with Crippen LogP contribution in [0.2, 0.25) is 0 Å². The van der Waals surface area contributed by atoms with E-state index >= 15 is 0 Å². The molecule has 9 heteroatoms. The number of carbonyl (C=O) groups excluding carboxylic acids is 2. The summed E-state index contributed by atoms with van der Waals surface area (Å²) in [5.41, 5.74) is 1.67. The summed E-state index contributed by atoms with van der Waals surface area (Å²) >= 11 is 0. The number of carbonyl (C=O) groups is 2. The molecule has 1 aliphatic heterocycles. The van der Waals surface area contributed by atoms with Gasteiger partial charge in [-0.2, -0.15) is 13.2 Å². The Morgan fingerprint density at radius 1 is 1.06 bits per heavy atom. The number of nitrogens with zero attached hydrogens (tertiary/aromatic N) is 2. The molecule has 1 aromatic heterocycles. The average molecular weight is 458 g/mol. The van der Waals surface area contributed by atoms with Gasteiger partial charge in [-0.05, 0) is 29.8 Å². The largest absolute Gasteiger partial charge is 0.416 e. The molecule has 2 amide bonds. The van der Waals surface area contributed by atoms with Gasteiger partial charge in [-0.25, -0.2) is 0 Å². The van der Waals surface area contributed by atoms with E-state index in [2.05, 4.69) is 10.3 Å². The number of rotatable bonds is 5. The number of para-hydroxylation sites is 1. The average Bonchev–Trinajstić information content (AvgIpc) is 3.20. The lowest BCUT2D eigenvalue weighted by Crippen LogP contribution is -2.55. The van der Waals surface area contributed by atoms with Crippen LogP contribution < -0.4 is 10.2 Å². The summed E-state index contributed by atoms with van der Waals surface area (Å²) in [7, 11) is 0. The van der Waals surface area contributed by atoms with Gasteiger partial charge in [-0.3, -0.25) is 9.59 Å². The normalized spacial score (nSPS) is 15.5. The van der Waals surface area contributed by atoms with Crippen molar-refractivity contribution in [3.63, 3.8) is 0 Å². The zero-order valence-corrected chi connectivity index (χ0v) is 18.2. The van der Waals surface area contributed by atoms with Gasteiger partial charge in [0.15, 0.2) is 0 Å². The Morgan fingerprint density at radius 3 is 2.48 bits per heavy atom. The number of aromatic nitrogens is 1. The van der Waals surface area contributed by atoms with Crippen LogP contribution in [0.15, 0.2) is 54.7 Å². The lowest BCUT2D eigenvalue weighted by Gasteiger charge is -2.37. The van der Waals surface area contributed by atoms with Crippen molar-refractivity contribution in [3.8, 4) is 0 Å². The molecule has 1 saturated heterocycles. The number of fused-ring (bicyclic) bond motifs is 1. The predicted molar refractivity (Wildman–Crippen MR) is 120 cm³/mol. The van der Waals surface area contributed by atoms with Crippen LogP contribution in [0.1, 0.15) is 18.1 Å². The lowest BCUT2D eigenvalue weighted by atomic mass is 10.0. The molecule has 2 N–H and O–H groups in total. The minimum Gasteiger partial charge on any atom is -0.368 e. The second-order valence-corrected chi connectivity index (χ2v) is 8.18. The Balaban J connectivity index is 1.45. The van der Waals surface area contributed by atoms with E-state index in [4.69, 9.17) is 0 Å². The van der Waals surface area contributed by atoms with Gasteiger partial charge in [-0.1, -0.05) is 24.3 Å². The number of alkyl halides is 3. The monoisotopic (exact) mass is 458 g/mol. The molecule has 2 aromatic carbocycles. The zero-order valence-electron chi connectivity index (χ0n) is 18.2. The van der Waals surface area contributed by atoms with Crippen molar-refractivity contribution in [1.82, 2.24) is 15.2 Å². The van der Waals surface area contributed by atoms with Crippen molar-refractivity contribution < 1.29 is 22.8 Å². The van der Waals surface area contributed by atoms with Gasteiger partial charge in [0.1, 0.15) is 6.04 Å². The molecule has 0 saturated carbocycles. The third-order valence-electron chi connectivity index (χ3n) is 5.90. The number of anilines is 1. The van der Waals surface area contributed by atoms with Crippen molar-refractivity contribution in [1.29, 1.82) is 0 Å². The number of hydrogen-bond acceptors (Lipinski definition) is 3. The van der Waals surface area contributed by atoms with Crippen LogP contribution >= 0.6 is 0 Å². The van der Waals surface area contributed by atoms with Gasteiger partial charge in [0.25, 0.3) is 0 Å².